The van der Waals surface area contributed by atoms with Crippen molar-refractivity contribution in [1.82, 2.24) is 0 Å². The van der Waals surface area contributed by atoms with Gasteiger partial charge in [-0.25, -0.2) is 0 Å². The van der Waals surface area contributed by atoms with Gasteiger partial charge in [-0.2, -0.15) is 13.2 Å². The van der Waals surface area contributed by atoms with E-state index in [4.69, 9.17) is 11.6 Å². The average molecular weight is 368 g/mol. The summed E-state index contributed by atoms with van der Waals surface area (Å²) in [6, 6.07) is 12.5. The fourth-order valence-corrected chi connectivity index (χ4v) is 3.85. The van der Waals surface area contributed by atoms with Crippen molar-refractivity contribution in [3.05, 3.63) is 64.7 Å². The summed E-state index contributed by atoms with van der Waals surface area (Å²) in [5, 5.41) is 0.127. The van der Waals surface area contributed by atoms with Crippen LogP contribution in [0, 0.1) is 0 Å². The molecule has 2 aromatic carbocycles. The van der Waals surface area contributed by atoms with E-state index < -0.39 is 17.3 Å². The Morgan fingerprint density at radius 3 is 2.24 bits per heavy atom. The molecule has 0 unspecified atom stereocenters. The number of carbonyl (C=O) groups is 1. The molecule has 132 valence electrons. The number of alkyl halides is 3. The summed E-state index contributed by atoms with van der Waals surface area (Å²) in [7, 11) is 0. The van der Waals surface area contributed by atoms with E-state index in [2.05, 4.69) is 0 Å². The number of halogens is 4. The Bertz CT molecular complexity index is 755. The van der Waals surface area contributed by atoms with Gasteiger partial charge in [0.05, 0.1) is 21.8 Å². The lowest BCUT2D eigenvalue weighted by atomic mass is 9.86. The van der Waals surface area contributed by atoms with Crippen molar-refractivity contribution in [3.63, 3.8) is 0 Å². The van der Waals surface area contributed by atoms with Gasteiger partial charge in [0.15, 0.2) is 0 Å². The molecule has 0 radical (unpaired) electrons. The van der Waals surface area contributed by atoms with Crippen LogP contribution in [0.1, 0.15) is 36.8 Å². The Balaban J connectivity index is 2.14. The number of benzene rings is 2. The number of hydrogen-bond acceptors (Lipinski definition) is 1. The van der Waals surface area contributed by atoms with Crippen molar-refractivity contribution in [2.24, 2.45) is 0 Å². The van der Waals surface area contributed by atoms with Crippen LogP contribution in [0.2, 0.25) is 5.02 Å². The summed E-state index contributed by atoms with van der Waals surface area (Å²) in [4.78, 5) is 13.4. The van der Waals surface area contributed by atoms with Crippen LogP contribution >= 0.6 is 11.6 Å². The molecule has 1 fully saturated rings. The van der Waals surface area contributed by atoms with E-state index in [-0.39, 0.29) is 10.7 Å². The van der Waals surface area contributed by atoms with Gasteiger partial charge in [0.1, 0.15) is 0 Å². The van der Waals surface area contributed by atoms with Crippen LogP contribution in [0.4, 0.5) is 18.9 Å². The third kappa shape index (κ3) is 3.25. The molecule has 0 saturated heterocycles. The zero-order chi connectivity index (χ0) is 18.1. The van der Waals surface area contributed by atoms with Gasteiger partial charge in [-0.15, -0.1) is 0 Å². The molecule has 0 atom stereocenters. The molecule has 0 bridgehead atoms. The Labute approximate surface area is 149 Å². The monoisotopic (exact) mass is 367 g/mol. The predicted octanol–water partition coefficient (Wildman–Crippen LogP) is 5.79. The van der Waals surface area contributed by atoms with Crippen molar-refractivity contribution in [1.29, 1.82) is 0 Å². The number of hydrogen-bond donors (Lipinski definition) is 0. The lowest BCUT2D eigenvalue weighted by Gasteiger charge is -2.40. The van der Waals surface area contributed by atoms with Crippen LogP contribution in [-0.4, -0.2) is 6.41 Å². The van der Waals surface area contributed by atoms with Crippen LogP contribution in [0.15, 0.2) is 48.5 Å². The maximum atomic E-state index is 13.1. The zero-order valence-electron chi connectivity index (χ0n) is 13.4. The minimum atomic E-state index is -4.50. The van der Waals surface area contributed by atoms with Crippen molar-refractivity contribution >= 4 is 23.7 Å². The Hall–Kier alpha value is -2.01. The first-order chi connectivity index (χ1) is 11.9. The lowest BCUT2D eigenvalue weighted by Crippen LogP contribution is -2.44. The van der Waals surface area contributed by atoms with E-state index in [0.717, 1.165) is 30.5 Å². The second kappa shape index (κ2) is 6.71. The average Bonchev–Trinajstić information content (AvgIpc) is 3.08. The molecule has 0 heterocycles. The normalized spacial score (nSPS) is 16.6. The van der Waals surface area contributed by atoms with Crippen LogP contribution in [0.25, 0.3) is 0 Å². The van der Waals surface area contributed by atoms with Crippen LogP contribution in [0.3, 0.4) is 0 Å². The number of amides is 1. The first-order valence-electron chi connectivity index (χ1n) is 8.05. The van der Waals surface area contributed by atoms with E-state index in [1.807, 2.05) is 30.3 Å². The van der Waals surface area contributed by atoms with Gasteiger partial charge in [0.25, 0.3) is 0 Å². The summed E-state index contributed by atoms with van der Waals surface area (Å²) < 4.78 is 39.3. The first-order valence-corrected chi connectivity index (χ1v) is 8.43. The molecule has 0 N–H and O–H groups in total. The third-order valence-corrected chi connectivity index (χ3v) is 5.16. The summed E-state index contributed by atoms with van der Waals surface area (Å²) in [6.07, 6.45) is -0.737. The van der Waals surface area contributed by atoms with E-state index in [1.165, 1.54) is 11.0 Å². The molecule has 3 rings (SSSR count). The molecular formula is C19H17ClF3NO. The smallest absolute Gasteiger partial charge is 0.303 e. The Kier molecular flexibility index (Phi) is 4.78. The highest BCUT2D eigenvalue weighted by atomic mass is 35.5. The van der Waals surface area contributed by atoms with E-state index in [0.29, 0.717) is 19.3 Å². The molecule has 2 nitrogen and oxygen atoms in total. The minimum Gasteiger partial charge on any atom is -0.303 e. The fraction of sp³-hybridized carbons (Fsp3) is 0.316. The van der Waals surface area contributed by atoms with Gasteiger partial charge in [0, 0.05) is 0 Å². The van der Waals surface area contributed by atoms with Gasteiger partial charge in [-0.1, -0.05) is 54.8 Å². The van der Waals surface area contributed by atoms with Crippen molar-refractivity contribution in [3.8, 4) is 0 Å². The first kappa shape index (κ1) is 17.8. The number of rotatable bonds is 4. The number of nitrogens with zero attached hydrogens (tertiary/aromatic N) is 1. The molecule has 0 aromatic heterocycles. The Morgan fingerprint density at radius 2 is 1.68 bits per heavy atom. The predicted molar refractivity (Wildman–Crippen MR) is 91.6 cm³/mol. The fourth-order valence-electron chi connectivity index (χ4n) is 3.64. The second-order valence-corrected chi connectivity index (χ2v) is 6.65. The van der Waals surface area contributed by atoms with E-state index in [9.17, 15) is 18.0 Å². The van der Waals surface area contributed by atoms with Crippen molar-refractivity contribution in [2.75, 3.05) is 4.90 Å². The van der Waals surface area contributed by atoms with Gasteiger partial charge in [0.2, 0.25) is 6.41 Å². The molecule has 25 heavy (non-hydrogen) atoms. The minimum absolute atomic E-state index is 0.0947. The van der Waals surface area contributed by atoms with Gasteiger partial charge < -0.3 is 4.90 Å². The largest absolute Gasteiger partial charge is 0.416 e. The summed E-state index contributed by atoms with van der Waals surface area (Å²) in [6.45, 7) is 0. The zero-order valence-corrected chi connectivity index (χ0v) is 14.1. The molecule has 1 amide bonds. The molecule has 1 aliphatic rings. The van der Waals surface area contributed by atoms with Gasteiger partial charge in [-0.05, 0) is 36.6 Å². The van der Waals surface area contributed by atoms with Crippen molar-refractivity contribution < 1.29 is 18.0 Å². The number of carbonyl (C=O) groups excluding carboxylic acids is 1. The summed E-state index contributed by atoms with van der Waals surface area (Å²) >= 11 is 6.18. The van der Waals surface area contributed by atoms with E-state index >= 15 is 0 Å². The molecule has 1 aliphatic carbocycles. The van der Waals surface area contributed by atoms with Crippen molar-refractivity contribution in [2.45, 2.75) is 37.4 Å². The topological polar surface area (TPSA) is 20.3 Å². The molecule has 1 saturated carbocycles. The molecule has 0 aliphatic heterocycles. The molecule has 6 heteroatoms. The summed E-state index contributed by atoms with van der Waals surface area (Å²) in [5.74, 6) is 0. The SMILES string of the molecule is O=CN(c1cc(C(F)(F)F)ccc1Cl)C1(c2ccccc2)CCCC1. The maximum absolute atomic E-state index is 13.1. The highest BCUT2D eigenvalue weighted by molar-refractivity contribution is 6.33. The number of anilines is 1. The maximum Gasteiger partial charge on any atom is 0.416 e. The lowest BCUT2D eigenvalue weighted by molar-refractivity contribution is -0.137. The highest BCUT2D eigenvalue weighted by Gasteiger charge is 2.43. The second-order valence-electron chi connectivity index (χ2n) is 6.24. The van der Waals surface area contributed by atoms with Gasteiger partial charge in [-0.3, -0.25) is 4.79 Å². The van der Waals surface area contributed by atoms with Crippen LogP contribution < -0.4 is 4.90 Å². The summed E-state index contributed by atoms with van der Waals surface area (Å²) in [5.41, 5.74) is -0.484. The standard InChI is InChI=1S/C19H17ClF3NO/c20-16-9-8-15(19(21,22)23)12-17(16)24(13-25)18(10-4-5-11-18)14-6-2-1-3-7-14/h1-3,6-9,12-13H,4-5,10-11H2. The molecular weight excluding hydrogens is 351 g/mol. The van der Waals surface area contributed by atoms with Crippen LogP contribution in [-0.2, 0) is 16.5 Å². The Morgan fingerprint density at radius 1 is 1.04 bits per heavy atom. The van der Waals surface area contributed by atoms with Gasteiger partial charge >= 0.3 is 6.18 Å². The van der Waals surface area contributed by atoms with E-state index in [1.54, 1.807) is 0 Å². The quantitative estimate of drug-likeness (QED) is 0.626. The third-order valence-electron chi connectivity index (χ3n) is 4.84. The van der Waals surface area contributed by atoms with Crippen LogP contribution in [0.5, 0.6) is 0 Å². The highest BCUT2D eigenvalue weighted by Crippen LogP contribution is 2.47. The molecule has 2 aromatic rings. The molecule has 0 spiro atoms.